The highest BCUT2D eigenvalue weighted by molar-refractivity contribution is 6.04. The highest BCUT2D eigenvalue weighted by atomic mass is 16.3. The molecule has 1 nitrogen and oxygen atoms in total. The van der Waals surface area contributed by atoms with Crippen LogP contribution in [-0.2, 0) is 6.42 Å². The molecule has 0 atom stereocenters. The van der Waals surface area contributed by atoms with Crippen molar-refractivity contribution in [2.24, 2.45) is 0 Å². The quantitative estimate of drug-likeness (QED) is 0.316. The molecule has 0 amide bonds. The number of rotatable bonds is 1. The van der Waals surface area contributed by atoms with Crippen molar-refractivity contribution in [3.63, 3.8) is 0 Å². The minimum Gasteiger partial charge on any atom is -0.507 e. The van der Waals surface area contributed by atoms with Crippen LogP contribution < -0.4 is 0 Å². The standard InChI is InChI=1S/C27H18O/c28-27-24(13-12-20-14-17-6-1-2-7-18(17)15-25(20)27)23-11-5-10-22-21-9-4-3-8-19(21)16-26(22)23/h1-15,28H,16H2. The Morgan fingerprint density at radius 2 is 1.21 bits per heavy atom. The SMILES string of the molecule is Oc1c(-c2cccc3c2Cc2ccccc2-3)ccc2cc3ccccc3cc12. The lowest BCUT2D eigenvalue weighted by molar-refractivity contribution is 0.483. The van der Waals surface area contributed by atoms with E-state index in [9.17, 15) is 5.11 Å². The van der Waals surface area contributed by atoms with E-state index in [0.29, 0.717) is 5.75 Å². The van der Waals surface area contributed by atoms with Gasteiger partial charge in [0.15, 0.2) is 0 Å². The van der Waals surface area contributed by atoms with E-state index in [-0.39, 0.29) is 0 Å². The molecule has 6 rings (SSSR count). The van der Waals surface area contributed by atoms with Gasteiger partial charge in [0.2, 0.25) is 0 Å². The Hall–Kier alpha value is -3.58. The predicted molar refractivity (Wildman–Crippen MR) is 117 cm³/mol. The summed E-state index contributed by atoms with van der Waals surface area (Å²) in [7, 11) is 0. The van der Waals surface area contributed by atoms with Crippen molar-refractivity contribution in [3.05, 3.63) is 102 Å². The van der Waals surface area contributed by atoms with Crippen LogP contribution in [0.25, 0.3) is 43.8 Å². The van der Waals surface area contributed by atoms with Crippen molar-refractivity contribution in [2.75, 3.05) is 0 Å². The Kier molecular flexibility index (Phi) is 3.15. The minimum atomic E-state index is 0.368. The summed E-state index contributed by atoms with van der Waals surface area (Å²) in [6.07, 6.45) is 0.914. The molecule has 0 saturated heterocycles. The van der Waals surface area contributed by atoms with Gasteiger partial charge in [0.1, 0.15) is 5.75 Å². The van der Waals surface area contributed by atoms with E-state index in [4.69, 9.17) is 0 Å². The lowest BCUT2D eigenvalue weighted by Crippen LogP contribution is -1.89. The first-order valence-corrected chi connectivity index (χ1v) is 9.64. The third-order valence-corrected chi connectivity index (χ3v) is 6.00. The largest absolute Gasteiger partial charge is 0.507 e. The van der Waals surface area contributed by atoms with Gasteiger partial charge in [0.05, 0.1) is 0 Å². The fourth-order valence-corrected chi connectivity index (χ4v) is 4.62. The second-order valence-electron chi connectivity index (χ2n) is 7.55. The van der Waals surface area contributed by atoms with Gasteiger partial charge >= 0.3 is 0 Å². The molecule has 0 radical (unpaired) electrons. The predicted octanol–water partition coefficient (Wildman–Crippen LogP) is 6.94. The van der Waals surface area contributed by atoms with Gasteiger partial charge in [-0.2, -0.15) is 0 Å². The maximum atomic E-state index is 11.2. The number of hydrogen-bond donors (Lipinski definition) is 1. The zero-order valence-corrected chi connectivity index (χ0v) is 15.3. The number of benzene rings is 5. The molecule has 0 spiro atoms. The molecule has 28 heavy (non-hydrogen) atoms. The zero-order chi connectivity index (χ0) is 18.7. The normalized spacial score (nSPS) is 12.3. The molecule has 0 aliphatic heterocycles. The van der Waals surface area contributed by atoms with Gasteiger partial charge in [-0.15, -0.1) is 0 Å². The fourth-order valence-electron chi connectivity index (χ4n) is 4.62. The van der Waals surface area contributed by atoms with Gasteiger partial charge in [0, 0.05) is 10.9 Å². The lowest BCUT2D eigenvalue weighted by atomic mass is 9.92. The Bertz CT molecular complexity index is 1390. The molecule has 1 N–H and O–H groups in total. The molecule has 132 valence electrons. The first-order chi connectivity index (χ1) is 13.8. The highest BCUT2D eigenvalue weighted by Crippen LogP contribution is 2.45. The first kappa shape index (κ1) is 15.5. The Morgan fingerprint density at radius 1 is 0.536 bits per heavy atom. The van der Waals surface area contributed by atoms with Gasteiger partial charge in [-0.3, -0.25) is 0 Å². The smallest absolute Gasteiger partial charge is 0.131 e. The van der Waals surface area contributed by atoms with Crippen LogP contribution in [0.5, 0.6) is 5.75 Å². The number of phenols is 1. The molecule has 1 aliphatic carbocycles. The molecule has 0 heterocycles. The van der Waals surface area contributed by atoms with Crippen molar-refractivity contribution in [3.8, 4) is 28.0 Å². The molecule has 0 saturated carbocycles. The Labute approximate surface area is 163 Å². The second-order valence-corrected chi connectivity index (χ2v) is 7.55. The van der Waals surface area contributed by atoms with Crippen LogP contribution in [0.2, 0.25) is 0 Å². The lowest BCUT2D eigenvalue weighted by Gasteiger charge is -2.13. The minimum absolute atomic E-state index is 0.368. The number of phenolic OH excluding ortho intramolecular Hbond substituents is 1. The average molecular weight is 358 g/mol. The fraction of sp³-hybridized carbons (Fsp3) is 0.0370. The van der Waals surface area contributed by atoms with E-state index in [2.05, 4.69) is 78.9 Å². The number of fused-ring (bicyclic) bond motifs is 5. The molecule has 0 aromatic heterocycles. The monoisotopic (exact) mass is 358 g/mol. The van der Waals surface area contributed by atoms with Crippen LogP contribution in [0.1, 0.15) is 11.1 Å². The molecule has 0 fully saturated rings. The van der Waals surface area contributed by atoms with Gasteiger partial charge in [-0.25, -0.2) is 0 Å². The third kappa shape index (κ3) is 2.13. The molecular formula is C27H18O. The maximum absolute atomic E-state index is 11.2. The summed E-state index contributed by atoms with van der Waals surface area (Å²) in [5.74, 6) is 0.368. The summed E-state index contributed by atoms with van der Waals surface area (Å²) in [6.45, 7) is 0. The molecule has 5 aromatic rings. The van der Waals surface area contributed by atoms with E-state index in [1.54, 1.807) is 0 Å². The van der Waals surface area contributed by atoms with Crippen LogP contribution in [0, 0.1) is 0 Å². The van der Waals surface area contributed by atoms with Crippen molar-refractivity contribution in [2.45, 2.75) is 6.42 Å². The molecule has 0 bridgehead atoms. The third-order valence-electron chi connectivity index (χ3n) is 6.00. The van der Waals surface area contributed by atoms with Crippen molar-refractivity contribution >= 4 is 21.5 Å². The van der Waals surface area contributed by atoms with E-state index in [0.717, 1.165) is 33.7 Å². The molecule has 1 heteroatoms. The number of hydrogen-bond acceptors (Lipinski definition) is 1. The Balaban J connectivity index is 1.60. The van der Waals surface area contributed by atoms with E-state index >= 15 is 0 Å². The van der Waals surface area contributed by atoms with E-state index in [1.807, 2.05) is 12.1 Å². The number of aromatic hydroxyl groups is 1. The zero-order valence-electron chi connectivity index (χ0n) is 15.3. The summed E-state index contributed by atoms with van der Waals surface area (Å²) in [5, 5.41) is 15.5. The van der Waals surface area contributed by atoms with Crippen LogP contribution in [0.15, 0.2) is 91.0 Å². The van der Waals surface area contributed by atoms with Crippen LogP contribution in [-0.4, -0.2) is 5.11 Å². The topological polar surface area (TPSA) is 20.2 Å². The summed E-state index contributed by atoms with van der Waals surface area (Å²) in [4.78, 5) is 0. The van der Waals surface area contributed by atoms with Crippen molar-refractivity contribution in [1.82, 2.24) is 0 Å². The molecule has 0 unspecified atom stereocenters. The van der Waals surface area contributed by atoms with Crippen LogP contribution in [0.4, 0.5) is 0 Å². The van der Waals surface area contributed by atoms with E-state index < -0.39 is 0 Å². The van der Waals surface area contributed by atoms with Crippen LogP contribution >= 0.6 is 0 Å². The average Bonchev–Trinajstić information content (AvgIpc) is 3.12. The summed E-state index contributed by atoms with van der Waals surface area (Å²) >= 11 is 0. The van der Waals surface area contributed by atoms with Crippen molar-refractivity contribution < 1.29 is 5.11 Å². The van der Waals surface area contributed by atoms with Gasteiger partial charge < -0.3 is 5.11 Å². The summed E-state index contributed by atoms with van der Waals surface area (Å²) in [5.41, 5.74) is 7.29. The Morgan fingerprint density at radius 3 is 2.07 bits per heavy atom. The second kappa shape index (κ2) is 5.71. The van der Waals surface area contributed by atoms with Gasteiger partial charge in [-0.1, -0.05) is 78.9 Å². The van der Waals surface area contributed by atoms with Gasteiger partial charge in [-0.05, 0) is 62.5 Å². The summed E-state index contributed by atoms with van der Waals surface area (Å²) in [6, 6.07) is 31.7. The molecule has 5 aromatic carbocycles. The van der Waals surface area contributed by atoms with Crippen molar-refractivity contribution in [1.29, 1.82) is 0 Å². The molecule has 1 aliphatic rings. The van der Waals surface area contributed by atoms with E-state index in [1.165, 1.54) is 27.6 Å². The molecular weight excluding hydrogens is 340 g/mol. The van der Waals surface area contributed by atoms with Gasteiger partial charge in [0.25, 0.3) is 0 Å². The maximum Gasteiger partial charge on any atom is 0.131 e. The highest BCUT2D eigenvalue weighted by Gasteiger charge is 2.22. The first-order valence-electron chi connectivity index (χ1n) is 9.64. The summed E-state index contributed by atoms with van der Waals surface area (Å²) < 4.78 is 0. The van der Waals surface area contributed by atoms with Crippen LogP contribution in [0.3, 0.4) is 0 Å².